The SMILES string of the molecule is CC(C)Cc1nc(-c2cccc(Cl)c2Cl)sc1C(=O)O. The first-order valence-corrected chi connectivity index (χ1v) is 7.64. The van der Waals surface area contributed by atoms with Crippen molar-refractivity contribution in [3.63, 3.8) is 0 Å². The molecule has 0 unspecified atom stereocenters. The van der Waals surface area contributed by atoms with Crippen molar-refractivity contribution in [3.05, 3.63) is 38.8 Å². The van der Waals surface area contributed by atoms with Crippen LogP contribution in [0.4, 0.5) is 0 Å². The second-order valence-electron chi connectivity index (χ2n) is 4.80. The molecule has 0 aliphatic carbocycles. The second-order valence-corrected chi connectivity index (χ2v) is 6.58. The number of carboxylic acids is 1. The van der Waals surface area contributed by atoms with E-state index in [1.807, 2.05) is 13.8 Å². The molecule has 0 aliphatic heterocycles. The molecule has 0 atom stereocenters. The van der Waals surface area contributed by atoms with Crippen LogP contribution < -0.4 is 0 Å². The number of aromatic nitrogens is 1. The molecule has 2 aromatic rings. The Morgan fingerprint density at radius 3 is 2.70 bits per heavy atom. The minimum Gasteiger partial charge on any atom is -0.477 e. The normalized spacial score (nSPS) is 11.1. The van der Waals surface area contributed by atoms with Crippen LogP contribution >= 0.6 is 34.5 Å². The fourth-order valence-corrected chi connectivity index (χ4v) is 3.24. The van der Waals surface area contributed by atoms with Crippen molar-refractivity contribution in [3.8, 4) is 10.6 Å². The summed E-state index contributed by atoms with van der Waals surface area (Å²) in [5.74, 6) is -0.625. The first-order chi connectivity index (χ1) is 9.40. The molecule has 0 saturated carbocycles. The zero-order valence-electron chi connectivity index (χ0n) is 11.0. The number of benzene rings is 1. The number of nitrogens with zero attached hydrogens (tertiary/aromatic N) is 1. The van der Waals surface area contributed by atoms with Gasteiger partial charge in [-0.25, -0.2) is 9.78 Å². The van der Waals surface area contributed by atoms with Crippen LogP contribution in [-0.2, 0) is 6.42 Å². The van der Waals surface area contributed by atoms with Crippen molar-refractivity contribution in [1.82, 2.24) is 4.98 Å². The smallest absolute Gasteiger partial charge is 0.347 e. The predicted molar refractivity (Wildman–Crippen MR) is 83.1 cm³/mol. The molecule has 106 valence electrons. The minimum absolute atomic E-state index is 0.268. The lowest BCUT2D eigenvalue weighted by atomic mass is 10.1. The number of carbonyl (C=O) groups is 1. The van der Waals surface area contributed by atoms with E-state index in [0.29, 0.717) is 38.6 Å². The van der Waals surface area contributed by atoms with Crippen LogP contribution in [0.15, 0.2) is 18.2 Å². The number of hydrogen-bond donors (Lipinski definition) is 1. The van der Waals surface area contributed by atoms with E-state index >= 15 is 0 Å². The lowest BCUT2D eigenvalue weighted by Gasteiger charge is -2.02. The Bertz CT molecular complexity index is 653. The molecule has 2 rings (SSSR count). The van der Waals surface area contributed by atoms with Gasteiger partial charge in [0.25, 0.3) is 0 Å². The van der Waals surface area contributed by atoms with Crippen molar-refractivity contribution in [2.45, 2.75) is 20.3 Å². The van der Waals surface area contributed by atoms with Crippen LogP contribution in [0.1, 0.15) is 29.2 Å². The molecule has 1 N–H and O–H groups in total. The molecule has 0 saturated heterocycles. The highest BCUT2D eigenvalue weighted by molar-refractivity contribution is 7.17. The van der Waals surface area contributed by atoms with Crippen LogP contribution in [0.5, 0.6) is 0 Å². The monoisotopic (exact) mass is 329 g/mol. The fourth-order valence-electron chi connectivity index (χ4n) is 1.83. The Kier molecular flexibility index (Phi) is 4.68. The van der Waals surface area contributed by atoms with Gasteiger partial charge in [0.15, 0.2) is 0 Å². The molecule has 0 amide bonds. The summed E-state index contributed by atoms with van der Waals surface area (Å²) in [6.07, 6.45) is 0.621. The van der Waals surface area contributed by atoms with Gasteiger partial charge in [0.1, 0.15) is 9.88 Å². The Hall–Kier alpha value is -1.10. The molecular formula is C14H13Cl2NO2S. The lowest BCUT2D eigenvalue weighted by molar-refractivity contribution is 0.0700. The summed E-state index contributed by atoms with van der Waals surface area (Å²) in [7, 11) is 0. The van der Waals surface area contributed by atoms with Crippen LogP contribution in [0, 0.1) is 5.92 Å². The van der Waals surface area contributed by atoms with Gasteiger partial charge < -0.3 is 5.11 Å². The summed E-state index contributed by atoms with van der Waals surface area (Å²) < 4.78 is 0. The Labute approximate surface area is 131 Å². The quantitative estimate of drug-likeness (QED) is 0.857. The van der Waals surface area contributed by atoms with Gasteiger partial charge in [-0.05, 0) is 18.4 Å². The van der Waals surface area contributed by atoms with Crippen molar-refractivity contribution in [1.29, 1.82) is 0 Å². The first kappa shape index (κ1) is 15.3. The van der Waals surface area contributed by atoms with Crippen LogP contribution in [0.25, 0.3) is 10.6 Å². The largest absolute Gasteiger partial charge is 0.477 e. The van der Waals surface area contributed by atoms with Gasteiger partial charge in [0.05, 0.1) is 15.7 Å². The number of hydrogen-bond acceptors (Lipinski definition) is 3. The van der Waals surface area contributed by atoms with E-state index in [-0.39, 0.29) is 4.88 Å². The number of thiazole rings is 1. The fraction of sp³-hybridized carbons (Fsp3) is 0.286. The average Bonchev–Trinajstić information content (AvgIpc) is 2.75. The van der Waals surface area contributed by atoms with E-state index in [0.717, 1.165) is 11.3 Å². The standard InChI is InChI=1S/C14H13Cl2NO2S/c1-7(2)6-10-12(14(18)19)20-13(17-10)8-4-3-5-9(15)11(8)16/h3-5,7H,6H2,1-2H3,(H,18,19). The molecule has 1 aromatic carbocycles. The van der Waals surface area contributed by atoms with Gasteiger partial charge in [-0.2, -0.15) is 0 Å². The van der Waals surface area contributed by atoms with Crippen molar-refractivity contribution in [2.24, 2.45) is 5.92 Å². The number of rotatable bonds is 4. The van der Waals surface area contributed by atoms with Crippen molar-refractivity contribution in [2.75, 3.05) is 0 Å². The minimum atomic E-state index is -0.956. The maximum absolute atomic E-state index is 11.3. The summed E-state index contributed by atoms with van der Waals surface area (Å²) >= 11 is 13.3. The first-order valence-electron chi connectivity index (χ1n) is 6.07. The zero-order valence-corrected chi connectivity index (χ0v) is 13.3. The number of aromatic carboxylic acids is 1. The van der Waals surface area contributed by atoms with Gasteiger partial charge in [-0.3, -0.25) is 0 Å². The summed E-state index contributed by atoms with van der Waals surface area (Å²) in [4.78, 5) is 16.0. The average molecular weight is 330 g/mol. The molecule has 0 fully saturated rings. The Balaban J connectivity index is 2.53. The maximum atomic E-state index is 11.3. The van der Waals surface area contributed by atoms with E-state index in [9.17, 15) is 9.90 Å². The molecule has 20 heavy (non-hydrogen) atoms. The molecule has 0 spiro atoms. The second kappa shape index (κ2) is 6.12. The van der Waals surface area contributed by atoms with Crippen molar-refractivity contribution < 1.29 is 9.90 Å². The van der Waals surface area contributed by atoms with Gasteiger partial charge in [-0.1, -0.05) is 49.2 Å². The zero-order chi connectivity index (χ0) is 14.9. The van der Waals surface area contributed by atoms with E-state index in [1.54, 1.807) is 18.2 Å². The van der Waals surface area contributed by atoms with E-state index < -0.39 is 5.97 Å². The topological polar surface area (TPSA) is 50.2 Å². The predicted octanol–water partition coefficient (Wildman–Crippen LogP) is 5.01. The molecule has 1 aromatic heterocycles. The third-order valence-electron chi connectivity index (χ3n) is 2.68. The molecule has 0 bridgehead atoms. The number of halogens is 2. The van der Waals surface area contributed by atoms with Gasteiger partial charge in [-0.15, -0.1) is 11.3 Å². The molecule has 1 heterocycles. The summed E-state index contributed by atoms with van der Waals surface area (Å²) in [6, 6.07) is 5.25. The van der Waals surface area contributed by atoms with E-state index in [2.05, 4.69) is 4.98 Å². The van der Waals surface area contributed by atoms with Crippen molar-refractivity contribution >= 4 is 40.5 Å². The molecule has 0 aliphatic rings. The summed E-state index contributed by atoms with van der Waals surface area (Å²) in [6.45, 7) is 4.05. The van der Waals surface area contributed by atoms with E-state index in [4.69, 9.17) is 23.2 Å². The van der Waals surface area contributed by atoms with Crippen LogP contribution in [0.2, 0.25) is 10.0 Å². The highest BCUT2D eigenvalue weighted by Gasteiger charge is 2.20. The Morgan fingerprint density at radius 2 is 2.10 bits per heavy atom. The molecular weight excluding hydrogens is 317 g/mol. The van der Waals surface area contributed by atoms with E-state index in [1.165, 1.54) is 0 Å². The number of carboxylic acid groups (broad SMARTS) is 1. The van der Waals surface area contributed by atoms with Gasteiger partial charge in [0.2, 0.25) is 0 Å². The third kappa shape index (κ3) is 3.14. The summed E-state index contributed by atoms with van der Waals surface area (Å²) in [5.41, 5.74) is 1.27. The van der Waals surface area contributed by atoms with Gasteiger partial charge in [0, 0.05) is 5.56 Å². The Morgan fingerprint density at radius 1 is 1.40 bits per heavy atom. The lowest BCUT2D eigenvalue weighted by Crippen LogP contribution is -2.02. The summed E-state index contributed by atoms with van der Waals surface area (Å²) in [5, 5.41) is 10.7. The maximum Gasteiger partial charge on any atom is 0.347 e. The van der Waals surface area contributed by atoms with Gasteiger partial charge >= 0.3 is 5.97 Å². The van der Waals surface area contributed by atoms with Crippen LogP contribution in [0.3, 0.4) is 0 Å². The molecule has 0 radical (unpaired) electrons. The highest BCUT2D eigenvalue weighted by Crippen LogP contribution is 2.37. The molecule has 3 nitrogen and oxygen atoms in total. The van der Waals surface area contributed by atoms with Crippen LogP contribution in [-0.4, -0.2) is 16.1 Å². The third-order valence-corrected chi connectivity index (χ3v) is 4.61. The highest BCUT2D eigenvalue weighted by atomic mass is 35.5. The molecule has 6 heteroatoms.